The molecule has 0 rings (SSSR count). The molecule has 0 aliphatic heterocycles. The van der Waals surface area contributed by atoms with Gasteiger partial charge in [0, 0.05) is 12.8 Å². The first-order valence-electron chi connectivity index (χ1n) is 28.9. The average molecular weight is 902 g/mol. The Kier molecular flexibility index (Phi) is 54.3. The van der Waals surface area contributed by atoms with Crippen LogP contribution in [0.15, 0.2) is 24.3 Å². The molecule has 0 spiro atoms. The lowest BCUT2D eigenvalue weighted by molar-refractivity contribution is -0.161. The summed E-state index contributed by atoms with van der Waals surface area (Å²) in [6.45, 7) is 4.17. The van der Waals surface area contributed by atoms with Gasteiger partial charge in [0.2, 0.25) is 0 Å². The fraction of sp³-hybridized carbons (Fsp3) is 0.898. The molecule has 0 aromatic rings. The van der Waals surface area contributed by atoms with Crippen molar-refractivity contribution in [3.8, 4) is 0 Å². The summed E-state index contributed by atoms with van der Waals surface area (Å²) in [4.78, 5) is 24.4. The van der Waals surface area contributed by atoms with E-state index in [1.165, 1.54) is 257 Å². The van der Waals surface area contributed by atoms with E-state index in [0.29, 0.717) is 12.8 Å². The smallest absolute Gasteiger partial charge is 0.306 e. The number of rotatable bonds is 54. The van der Waals surface area contributed by atoms with Gasteiger partial charge in [-0.3, -0.25) is 9.59 Å². The summed E-state index contributed by atoms with van der Waals surface area (Å²) in [7, 11) is 0. The largest absolute Gasteiger partial charge is 0.462 e. The van der Waals surface area contributed by atoms with E-state index in [1.807, 2.05) is 0 Å². The zero-order valence-corrected chi connectivity index (χ0v) is 43.3. The normalized spacial score (nSPS) is 12.2. The van der Waals surface area contributed by atoms with Crippen LogP contribution in [0.5, 0.6) is 0 Å². The SMILES string of the molecule is CCCCCCC/C=C\C/C=C\CCCCCCCCCCCCCCCCCCCCCCCCCCCC(=O)OC(CO)COC(=O)CCCCCCCCCCCCCCC. The Morgan fingerprint density at radius 3 is 0.922 bits per heavy atom. The third kappa shape index (κ3) is 53.0. The molecule has 1 unspecified atom stereocenters. The molecule has 0 saturated heterocycles. The fourth-order valence-corrected chi connectivity index (χ4v) is 8.88. The van der Waals surface area contributed by atoms with Crippen molar-refractivity contribution < 1.29 is 24.2 Å². The van der Waals surface area contributed by atoms with E-state index in [4.69, 9.17) is 9.47 Å². The minimum Gasteiger partial charge on any atom is -0.462 e. The summed E-state index contributed by atoms with van der Waals surface area (Å²) in [6, 6.07) is 0. The monoisotopic (exact) mass is 901 g/mol. The number of aliphatic hydroxyl groups excluding tert-OH is 1. The molecule has 0 aliphatic rings. The second-order valence-electron chi connectivity index (χ2n) is 19.7. The Bertz CT molecular complexity index is 974. The van der Waals surface area contributed by atoms with Gasteiger partial charge >= 0.3 is 11.9 Å². The van der Waals surface area contributed by atoms with Crippen LogP contribution in [0.4, 0.5) is 0 Å². The molecule has 0 bridgehead atoms. The third-order valence-electron chi connectivity index (χ3n) is 13.2. The number of carbonyl (C=O) groups excluding carboxylic acids is 2. The number of unbranched alkanes of at least 4 members (excludes halogenated alkanes) is 42. The predicted molar refractivity (Wildman–Crippen MR) is 279 cm³/mol. The van der Waals surface area contributed by atoms with Crippen molar-refractivity contribution in [3.05, 3.63) is 24.3 Å². The van der Waals surface area contributed by atoms with E-state index in [-0.39, 0.29) is 25.2 Å². The van der Waals surface area contributed by atoms with Crippen LogP contribution in [0.3, 0.4) is 0 Å². The van der Waals surface area contributed by atoms with E-state index in [0.717, 1.165) is 38.5 Å². The molecule has 0 radical (unpaired) electrons. The molecule has 378 valence electrons. The lowest BCUT2D eigenvalue weighted by Gasteiger charge is -2.15. The van der Waals surface area contributed by atoms with Gasteiger partial charge in [-0.15, -0.1) is 0 Å². The molecule has 5 nitrogen and oxygen atoms in total. The molecular formula is C59H112O5. The third-order valence-corrected chi connectivity index (χ3v) is 13.2. The van der Waals surface area contributed by atoms with Crippen LogP contribution < -0.4 is 0 Å². The minimum atomic E-state index is -0.765. The quantitative estimate of drug-likeness (QED) is 0.0374. The number of ether oxygens (including phenoxy) is 2. The van der Waals surface area contributed by atoms with E-state index >= 15 is 0 Å². The summed E-state index contributed by atoms with van der Waals surface area (Å²) >= 11 is 0. The van der Waals surface area contributed by atoms with E-state index in [9.17, 15) is 14.7 Å². The van der Waals surface area contributed by atoms with Crippen molar-refractivity contribution in [1.82, 2.24) is 0 Å². The van der Waals surface area contributed by atoms with Crippen LogP contribution in [0.25, 0.3) is 0 Å². The van der Waals surface area contributed by atoms with Crippen LogP contribution in [0.2, 0.25) is 0 Å². The first kappa shape index (κ1) is 62.4. The summed E-state index contributed by atoms with van der Waals surface area (Å²) in [5, 5.41) is 9.62. The van der Waals surface area contributed by atoms with Crippen molar-refractivity contribution in [2.75, 3.05) is 13.2 Å². The second-order valence-corrected chi connectivity index (χ2v) is 19.7. The minimum absolute atomic E-state index is 0.0580. The van der Waals surface area contributed by atoms with Gasteiger partial charge < -0.3 is 14.6 Å². The van der Waals surface area contributed by atoms with Crippen molar-refractivity contribution in [2.24, 2.45) is 0 Å². The maximum absolute atomic E-state index is 12.3. The summed E-state index contributed by atoms with van der Waals surface area (Å²) < 4.78 is 10.7. The Morgan fingerprint density at radius 2 is 0.625 bits per heavy atom. The Labute approximate surface area is 400 Å². The van der Waals surface area contributed by atoms with Gasteiger partial charge in [-0.2, -0.15) is 0 Å². The van der Waals surface area contributed by atoms with Gasteiger partial charge in [0.25, 0.3) is 0 Å². The molecule has 64 heavy (non-hydrogen) atoms. The van der Waals surface area contributed by atoms with Crippen LogP contribution in [0.1, 0.15) is 322 Å². The van der Waals surface area contributed by atoms with Crippen molar-refractivity contribution in [3.63, 3.8) is 0 Å². The number of esters is 2. The molecule has 0 saturated carbocycles. The molecule has 0 aromatic heterocycles. The summed E-state index contributed by atoms with van der Waals surface area (Å²) in [6.07, 6.45) is 70.4. The molecule has 5 heteroatoms. The van der Waals surface area contributed by atoms with E-state index in [1.54, 1.807) is 0 Å². The van der Waals surface area contributed by atoms with E-state index < -0.39 is 6.10 Å². The molecule has 1 atom stereocenters. The van der Waals surface area contributed by atoms with Crippen LogP contribution in [0, 0.1) is 0 Å². The van der Waals surface area contributed by atoms with Crippen LogP contribution in [-0.4, -0.2) is 36.4 Å². The average Bonchev–Trinajstić information content (AvgIpc) is 3.30. The molecule has 0 heterocycles. The highest BCUT2D eigenvalue weighted by molar-refractivity contribution is 5.70. The summed E-state index contributed by atoms with van der Waals surface area (Å²) in [5.74, 6) is -0.571. The molecule has 1 N–H and O–H groups in total. The van der Waals surface area contributed by atoms with Gasteiger partial charge in [0.1, 0.15) is 6.61 Å². The van der Waals surface area contributed by atoms with Crippen molar-refractivity contribution >= 4 is 11.9 Å². The zero-order chi connectivity index (χ0) is 46.3. The first-order chi connectivity index (χ1) is 31.6. The number of aliphatic hydroxyl groups is 1. The highest BCUT2D eigenvalue weighted by Crippen LogP contribution is 2.18. The van der Waals surface area contributed by atoms with Gasteiger partial charge in [0.15, 0.2) is 6.10 Å². The topological polar surface area (TPSA) is 72.8 Å². The van der Waals surface area contributed by atoms with Gasteiger partial charge in [-0.05, 0) is 44.9 Å². The highest BCUT2D eigenvalue weighted by Gasteiger charge is 2.16. The summed E-state index contributed by atoms with van der Waals surface area (Å²) in [5.41, 5.74) is 0. The molecule has 0 amide bonds. The van der Waals surface area contributed by atoms with Crippen molar-refractivity contribution in [1.29, 1.82) is 0 Å². The Morgan fingerprint density at radius 1 is 0.359 bits per heavy atom. The molecule has 0 aromatic carbocycles. The van der Waals surface area contributed by atoms with E-state index in [2.05, 4.69) is 38.2 Å². The van der Waals surface area contributed by atoms with Gasteiger partial charge in [-0.1, -0.05) is 289 Å². The maximum atomic E-state index is 12.3. The molecule has 0 aliphatic carbocycles. The highest BCUT2D eigenvalue weighted by atomic mass is 16.6. The van der Waals surface area contributed by atoms with Gasteiger partial charge in [0.05, 0.1) is 6.61 Å². The van der Waals surface area contributed by atoms with Crippen LogP contribution >= 0.6 is 0 Å². The number of carbonyl (C=O) groups is 2. The zero-order valence-electron chi connectivity index (χ0n) is 43.3. The number of hydrogen-bond donors (Lipinski definition) is 1. The number of allylic oxidation sites excluding steroid dienone is 4. The second kappa shape index (κ2) is 55.7. The van der Waals surface area contributed by atoms with Gasteiger partial charge in [-0.25, -0.2) is 0 Å². The first-order valence-corrected chi connectivity index (χ1v) is 28.9. The number of hydrogen-bond acceptors (Lipinski definition) is 5. The molecular weight excluding hydrogens is 789 g/mol. The predicted octanol–water partition coefficient (Wildman–Crippen LogP) is 19.3. The van der Waals surface area contributed by atoms with Crippen molar-refractivity contribution in [2.45, 2.75) is 328 Å². The Hall–Kier alpha value is -1.62. The fourth-order valence-electron chi connectivity index (χ4n) is 8.88. The lowest BCUT2D eigenvalue weighted by Crippen LogP contribution is -2.28. The standard InChI is InChI=1S/C59H112O5/c1-3-5-7-9-11-13-15-17-18-19-20-21-22-23-24-25-26-27-28-29-30-31-32-33-34-35-36-37-38-39-40-42-44-46-48-50-52-54-59(62)64-57(55-60)56-63-58(61)53-51-49-47-45-43-41-16-14-12-10-8-6-4-2/h15,17,19-20,57,60H,3-14,16,18,21-56H2,1-2H3/b17-15-,20-19-. The van der Waals surface area contributed by atoms with Crippen LogP contribution in [-0.2, 0) is 19.1 Å². The molecule has 0 fully saturated rings. The maximum Gasteiger partial charge on any atom is 0.306 e. The lowest BCUT2D eigenvalue weighted by atomic mass is 10.0. The Balaban J connectivity index is 3.35.